The van der Waals surface area contributed by atoms with Crippen LogP contribution in [-0.2, 0) is 6.54 Å². The SMILES string of the molecule is NC(=O)c1cccc2c(-c3ncnc(NCc4ccccc4)n3)onc12. The van der Waals surface area contributed by atoms with Crippen LogP contribution in [0, 0.1) is 0 Å². The molecule has 0 aliphatic rings. The monoisotopic (exact) mass is 346 g/mol. The molecule has 128 valence electrons. The second-order valence-corrected chi connectivity index (χ2v) is 5.55. The molecule has 0 saturated carbocycles. The predicted molar refractivity (Wildman–Crippen MR) is 95.1 cm³/mol. The van der Waals surface area contributed by atoms with Gasteiger partial charge < -0.3 is 15.6 Å². The summed E-state index contributed by atoms with van der Waals surface area (Å²) in [7, 11) is 0. The van der Waals surface area contributed by atoms with Crippen molar-refractivity contribution in [3.05, 3.63) is 66.0 Å². The highest BCUT2D eigenvalue weighted by molar-refractivity contribution is 6.07. The first-order chi connectivity index (χ1) is 12.7. The molecular formula is C18H14N6O2. The Balaban J connectivity index is 1.65. The van der Waals surface area contributed by atoms with Crippen LogP contribution in [-0.4, -0.2) is 26.0 Å². The quantitative estimate of drug-likeness (QED) is 0.569. The molecule has 0 aliphatic carbocycles. The highest BCUT2D eigenvalue weighted by Gasteiger charge is 2.18. The number of nitrogens with one attached hydrogen (secondary N) is 1. The van der Waals surface area contributed by atoms with Gasteiger partial charge >= 0.3 is 0 Å². The molecule has 2 aromatic carbocycles. The van der Waals surface area contributed by atoms with Crippen LogP contribution < -0.4 is 11.1 Å². The third-order valence-corrected chi connectivity index (χ3v) is 3.84. The molecule has 8 nitrogen and oxygen atoms in total. The summed E-state index contributed by atoms with van der Waals surface area (Å²) in [5, 5.41) is 7.70. The summed E-state index contributed by atoms with van der Waals surface area (Å²) in [5.74, 6) is 0.513. The molecule has 1 amide bonds. The summed E-state index contributed by atoms with van der Waals surface area (Å²) in [4.78, 5) is 24.2. The number of carbonyl (C=O) groups is 1. The third kappa shape index (κ3) is 2.95. The Morgan fingerprint density at radius 2 is 1.92 bits per heavy atom. The molecule has 4 aromatic rings. The first kappa shape index (κ1) is 15.7. The molecule has 0 saturated heterocycles. The van der Waals surface area contributed by atoms with E-state index < -0.39 is 5.91 Å². The molecule has 2 aromatic heterocycles. The maximum atomic E-state index is 11.5. The van der Waals surface area contributed by atoms with Crippen LogP contribution in [0.1, 0.15) is 15.9 Å². The fourth-order valence-corrected chi connectivity index (χ4v) is 2.59. The number of hydrogen-bond acceptors (Lipinski definition) is 7. The van der Waals surface area contributed by atoms with Gasteiger partial charge in [0.05, 0.1) is 10.9 Å². The maximum Gasteiger partial charge on any atom is 0.251 e. The van der Waals surface area contributed by atoms with Gasteiger partial charge in [-0.05, 0) is 17.7 Å². The molecule has 0 aliphatic heterocycles. The molecule has 0 spiro atoms. The summed E-state index contributed by atoms with van der Waals surface area (Å²) >= 11 is 0. The van der Waals surface area contributed by atoms with Crippen molar-refractivity contribution in [3.8, 4) is 11.6 Å². The van der Waals surface area contributed by atoms with Crippen LogP contribution in [0.4, 0.5) is 5.95 Å². The van der Waals surface area contributed by atoms with Crippen molar-refractivity contribution in [1.82, 2.24) is 20.1 Å². The number of amides is 1. The van der Waals surface area contributed by atoms with Crippen molar-refractivity contribution in [2.75, 3.05) is 5.32 Å². The molecule has 3 N–H and O–H groups in total. The zero-order valence-corrected chi connectivity index (χ0v) is 13.6. The number of nitrogens with two attached hydrogens (primary N) is 1. The second-order valence-electron chi connectivity index (χ2n) is 5.55. The van der Waals surface area contributed by atoms with Crippen molar-refractivity contribution in [2.24, 2.45) is 5.73 Å². The van der Waals surface area contributed by atoms with Crippen molar-refractivity contribution < 1.29 is 9.32 Å². The highest BCUT2D eigenvalue weighted by atomic mass is 16.5. The van der Waals surface area contributed by atoms with Gasteiger partial charge in [-0.15, -0.1) is 0 Å². The highest BCUT2D eigenvalue weighted by Crippen LogP contribution is 2.28. The molecule has 26 heavy (non-hydrogen) atoms. The molecule has 0 atom stereocenters. The van der Waals surface area contributed by atoms with Crippen LogP contribution in [0.5, 0.6) is 0 Å². The molecule has 0 unspecified atom stereocenters. The number of primary amides is 1. The van der Waals surface area contributed by atoms with Crippen LogP contribution in [0.25, 0.3) is 22.5 Å². The molecular weight excluding hydrogens is 332 g/mol. The lowest BCUT2D eigenvalue weighted by atomic mass is 10.1. The Hall–Kier alpha value is -3.81. The van der Waals surface area contributed by atoms with E-state index in [0.29, 0.717) is 35.0 Å². The smallest absolute Gasteiger partial charge is 0.251 e. The van der Waals surface area contributed by atoms with E-state index in [0.717, 1.165) is 5.56 Å². The minimum Gasteiger partial charge on any atom is -0.366 e. The summed E-state index contributed by atoms with van der Waals surface area (Å²) < 4.78 is 5.37. The number of carbonyl (C=O) groups excluding carboxylic acids is 1. The van der Waals surface area contributed by atoms with Crippen molar-refractivity contribution in [1.29, 1.82) is 0 Å². The Morgan fingerprint density at radius 1 is 1.08 bits per heavy atom. The van der Waals surface area contributed by atoms with Gasteiger partial charge in [-0.1, -0.05) is 41.6 Å². The molecule has 0 radical (unpaired) electrons. The average molecular weight is 346 g/mol. The van der Waals surface area contributed by atoms with Gasteiger partial charge in [-0.2, -0.15) is 4.98 Å². The van der Waals surface area contributed by atoms with E-state index in [4.69, 9.17) is 10.3 Å². The first-order valence-corrected chi connectivity index (χ1v) is 7.88. The van der Waals surface area contributed by atoms with Gasteiger partial charge in [0.15, 0.2) is 0 Å². The van der Waals surface area contributed by atoms with E-state index in [1.54, 1.807) is 18.2 Å². The summed E-state index contributed by atoms with van der Waals surface area (Å²) in [5.41, 5.74) is 7.15. The van der Waals surface area contributed by atoms with Crippen molar-refractivity contribution >= 4 is 22.8 Å². The Labute approximate surface area is 148 Å². The third-order valence-electron chi connectivity index (χ3n) is 3.84. The van der Waals surface area contributed by atoms with Gasteiger partial charge in [0.25, 0.3) is 5.91 Å². The summed E-state index contributed by atoms with van der Waals surface area (Å²) in [6.07, 6.45) is 1.39. The Morgan fingerprint density at radius 3 is 2.73 bits per heavy atom. The second kappa shape index (κ2) is 6.60. The molecule has 8 heteroatoms. The number of rotatable bonds is 5. The number of aromatic nitrogens is 4. The van der Waals surface area contributed by atoms with Crippen molar-refractivity contribution in [3.63, 3.8) is 0 Å². The van der Waals surface area contributed by atoms with E-state index in [1.807, 2.05) is 30.3 Å². The van der Waals surface area contributed by atoms with Crippen LogP contribution in [0.15, 0.2) is 59.4 Å². The fraction of sp³-hybridized carbons (Fsp3) is 0.0556. The van der Waals surface area contributed by atoms with Gasteiger partial charge in [0.2, 0.25) is 17.5 Å². The normalized spacial score (nSPS) is 10.8. The fourth-order valence-electron chi connectivity index (χ4n) is 2.59. The lowest BCUT2D eigenvalue weighted by molar-refractivity contribution is 0.100. The Bertz CT molecular complexity index is 1080. The standard InChI is InChI=1S/C18H14N6O2/c19-16(25)13-8-4-7-12-14(13)24-26-15(12)17-21-10-22-18(23-17)20-9-11-5-2-1-3-6-11/h1-8,10H,9H2,(H2,19,25)(H,20,21,22,23). The van der Waals surface area contributed by atoms with Crippen LogP contribution in [0.2, 0.25) is 0 Å². The van der Waals surface area contributed by atoms with E-state index >= 15 is 0 Å². The van der Waals surface area contributed by atoms with E-state index in [-0.39, 0.29) is 5.56 Å². The first-order valence-electron chi connectivity index (χ1n) is 7.88. The van der Waals surface area contributed by atoms with Gasteiger partial charge in [0, 0.05) is 6.54 Å². The predicted octanol–water partition coefficient (Wildman–Crippen LogP) is 2.39. The van der Waals surface area contributed by atoms with E-state index in [2.05, 4.69) is 25.4 Å². The lowest BCUT2D eigenvalue weighted by Crippen LogP contribution is -2.11. The van der Waals surface area contributed by atoms with Gasteiger partial charge in [0.1, 0.15) is 11.8 Å². The number of anilines is 1. The average Bonchev–Trinajstić information content (AvgIpc) is 3.11. The zero-order chi connectivity index (χ0) is 17.9. The topological polar surface area (TPSA) is 120 Å². The number of fused-ring (bicyclic) bond motifs is 1. The van der Waals surface area contributed by atoms with E-state index in [1.165, 1.54) is 6.33 Å². The summed E-state index contributed by atoms with van der Waals surface area (Å²) in [6.45, 7) is 0.577. The lowest BCUT2D eigenvalue weighted by Gasteiger charge is -2.05. The van der Waals surface area contributed by atoms with Gasteiger partial charge in [-0.3, -0.25) is 4.79 Å². The summed E-state index contributed by atoms with van der Waals surface area (Å²) in [6, 6.07) is 15.0. The molecule has 0 bridgehead atoms. The molecule has 4 rings (SSSR count). The van der Waals surface area contributed by atoms with E-state index in [9.17, 15) is 4.79 Å². The molecule has 0 fully saturated rings. The van der Waals surface area contributed by atoms with Crippen molar-refractivity contribution in [2.45, 2.75) is 6.54 Å². The Kier molecular flexibility index (Phi) is 3.98. The van der Waals surface area contributed by atoms with Crippen LogP contribution >= 0.6 is 0 Å². The maximum absolute atomic E-state index is 11.5. The largest absolute Gasteiger partial charge is 0.366 e. The van der Waals surface area contributed by atoms with Gasteiger partial charge in [-0.25, -0.2) is 9.97 Å². The number of nitrogens with zero attached hydrogens (tertiary/aromatic N) is 4. The zero-order valence-electron chi connectivity index (χ0n) is 13.6. The number of benzene rings is 2. The minimum absolute atomic E-state index is 0.286. The minimum atomic E-state index is -0.573. The number of hydrogen-bond donors (Lipinski definition) is 2. The molecule has 2 heterocycles. The van der Waals surface area contributed by atoms with Crippen LogP contribution in [0.3, 0.4) is 0 Å².